The van der Waals surface area contributed by atoms with E-state index in [4.69, 9.17) is 27.9 Å². The predicted molar refractivity (Wildman–Crippen MR) is 76.4 cm³/mol. The third-order valence-electron chi connectivity index (χ3n) is 2.95. The normalized spacial score (nSPS) is 17.4. The van der Waals surface area contributed by atoms with Gasteiger partial charge in [0.05, 0.1) is 24.5 Å². The summed E-state index contributed by atoms with van der Waals surface area (Å²) in [6.07, 6.45) is -4.41. The number of amidine groups is 1. The summed E-state index contributed by atoms with van der Waals surface area (Å²) in [7, 11) is 0. The van der Waals surface area contributed by atoms with Crippen LogP contribution in [0.3, 0.4) is 0 Å². The second kappa shape index (κ2) is 6.85. The minimum Gasteiger partial charge on any atom is -0.378 e. The van der Waals surface area contributed by atoms with Gasteiger partial charge in [-0.25, -0.2) is 4.99 Å². The summed E-state index contributed by atoms with van der Waals surface area (Å²) < 4.78 is 43.3. The number of aliphatic imine (C=N–C) groups is 1. The maximum atomic E-state index is 12.7. The van der Waals surface area contributed by atoms with E-state index >= 15 is 0 Å². The highest BCUT2D eigenvalue weighted by atomic mass is 35.5. The van der Waals surface area contributed by atoms with E-state index < -0.39 is 16.6 Å². The predicted octanol–water partition coefficient (Wildman–Crippen LogP) is 3.87. The molecule has 0 N–H and O–H groups in total. The molecule has 21 heavy (non-hydrogen) atoms. The molecule has 0 aromatic heterocycles. The van der Waals surface area contributed by atoms with Gasteiger partial charge in [0.1, 0.15) is 5.84 Å². The van der Waals surface area contributed by atoms with Gasteiger partial charge in [0.25, 0.3) is 0 Å². The third kappa shape index (κ3) is 4.49. The number of rotatable bonds is 2. The molecule has 1 aromatic carbocycles. The second-order valence-corrected chi connectivity index (χ2v) is 5.51. The van der Waals surface area contributed by atoms with Crippen molar-refractivity contribution in [3.63, 3.8) is 0 Å². The minimum absolute atomic E-state index is 0.164. The van der Waals surface area contributed by atoms with Crippen LogP contribution in [0.5, 0.6) is 0 Å². The zero-order chi connectivity index (χ0) is 15.5. The van der Waals surface area contributed by atoms with Gasteiger partial charge in [-0.3, -0.25) is 0 Å². The molecule has 0 atom stereocenters. The van der Waals surface area contributed by atoms with Crippen molar-refractivity contribution in [1.29, 1.82) is 0 Å². The molecule has 116 valence electrons. The van der Waals surface area contributed by atoms with E-state index in [1.807, 2.05) is 4.90 Å². The quantitative estimate of drug-likeness (QED) is 0.463. The largest absolute Gasteiger partial charge is 0.416 e. The van der Waals surface area contributed by atoms with Crippen LogP contribution in [0.15, 0.2) is 29.3 Å². The highest BCUT2D eigenvalue weighted by Gasteiger charge is 2.30. The van der Waals surface area contributed by atoms with Crippen molar-refractivity contribution in [2.45, 2.75) is 11.0 Å². The SMILES string of the molecule is FC(F)(F)c1cccc(N=C(C(Cl)Cl)N2CCOCC2)c1. The Kier molecular flexibility index (Phi) is 5.35. The first-order chi connectivity index (χ1) is 9.88. The van der Waals surface area contributed by atoms with Crippen LogP contribution in [0, 0.1) is 0 Å². The van der Waals surface area contributed by atoms with Gasteiger partial charge in [0, 0.05) is 13.1 Å². The highest BCUT2D eigenvalue weighted by Crippen LogP contribution is 2.31. The summed E-state index contributed by atoms with van der Waals surface area (Å²) >= 11 is 11.8. The zero-order valence-corrected chi connectivity index (χ0v) is 12.4. The molecule has 8 heteroatoms. The maximum absolute atomic E-state index is 12.7. The van der Waals surface area contributed by atoms with Crippen molar-refractivity contribution in [2.24, 2.45) is 4.99 Å². The molecule has 3 nitrogen and oxygen atoms in total. The fraction of sp³-hybridized carbons (Fsp3) is 0.462. The number of hydrogen-bond donors (Lipinski definition) is 0. The fourth-order valence-corrected chi connectivity index (χ4v) is 2.31. The maximum Gasteiger partial charge on any atom is 0.416 e. The van der Waals surface area contributed by atoms with E-state index in [-0.39, 0.29) is 5.69 Å². The van der Waals surface area contributed by atoms with E-state index in [9.17, 15) is 13.2 Å². The monoisotopic (exact) mass is 340 g/mol. The van der Waals surface area contributed by atoms with Crippen LogP contribution in [-0.2, 0) is 10.9 Å². The Hall–Kier alpha value is -0.980. The van der Waals surface area contributed by atoms with Crippen molar-refractivity contribution in [1.82, 2.24) is 4.90 Å². The van der Waals surface area contributed by atoms with Crippen LogP contribution < -0.4 is 0 Å². The molecule has 0 bridgehead atoms. The number of benzene rings is 1. The lowest BCUT2D eigenvalue weighted by Gasteiger charge is -2.30. The summed E-state index contributed by atoms with van der Waals surface area (Å²) in [5, 5.41) is 0. The first-order valence-corrected chi connectivity index (χ1v) is 7.12. The van der Waals surface area contributed by atoms with Crippen LogP contribution in [-0.4, -0.2) is 41.9 Å². The van der Waals surface area contributed by atoms with Crippen LogP contribution in [0.1, 0.15) is 5.56 Å². The molecule has 1 heterocycles. The standard InChI is InChI=1S/C13H13Cl2F3N2O/c14-11(15)12(20-4-6-21-7-5-20)19-10-3-1-2-9(8-10)13(16,17)18/h1-3,8,11H,4-7H2. The molecule has 1 aromatic rings. The van der Waals surface area contributed by atoms with Gasteiger partial charge in [-0.15, -0.1) is 0 Å². The van der Waals surface area contributed by atoms with E-state index in [2.05, 4.69) is 4.99 Å². The molecule has 0 unspecified atom stereocenters. The van der Waals surface area contributed by atoms with Crippen LogP contribution in [0.4, 0.5) is 18.9 Å². The molecule has 0 aliphatic carbocycles. The number of hydrogen-bond acceptors (Lipinski definition) is 2. The summed E-state index contributed by atoms with van der Waals surface area (Å²) in [4.78, 5) is 5.07. The Labute approximate surface area is 130 Å². The topological polar surface area (TPSA) is 24.8 Å². The van der Waals surface area contributed by atoms with Crippen LogP contribution in [0.2, 0.25) is 0 Å². The summed E-state index contributed by atoms with van der Waals surface area (Å²) in [6.45, 7) is 2.10. The molecule has 1 aliphatic heterocycles. The van der Waals surface area contributed by atoms with Gasteiger partial charge < -0.3 is 9.64 Å². The van der Waals surface area contributed by atoms with E-state index in [0.29, 0.717) is 32.1 Å². The van der Waals surface area contributed by atoms with Gasteiger partial charge in [0.15, 0.2) is 4.84 Å². The van der Waals surface area contributed by atoms with E-state index in [1.54, 1.807) is 0 Å². The van der Waals surface area contributed by atoms with E-state index in [1.165, 1.54) is 12.1 Å². The van der Waals surface area contributed by atoms with Gasteiger partial charge in [-0.2, -0.15) is 13.2 Å². The second-order valence-electron chi connectivity index (χ2n) is 4.42. The summed E-state index contributed by atoms with van der Waals surface area (Å²) in [5.41, 5.74) is -0.594. The first-order valence-electron chi connectivity index (χ1n) is 6.24. The molecular formula is C13H13Cl2F3N2O. The molecule has 1 saturated heterocycles. The van der Waals surface area contributed by atoms with Crippen molar-refractivity contribution in [2.75, 3.05) is 26.3 Å². The highest BCUT2D eigenvalue weighted by molar-refractivity contribution is 6.54. The van der Waals surface area contributed by atoms with E-state index in [0.717, 1.165) is 12.1 Å². The smallest absolute Gasteiger partial charge is 0.378 e. The molecule has 2 rings (SSSR count). The molecule has 0 saturated carbocycles. The number of halogens is 5. The molecule has 0 spiro atoms. The van der Waals surface area contributed by atoms with Gasteiger partial charge >= 0.3 is 6.18 Å². The van der Waals surface area contributed by atoms with Crippen LogP contribution in [0.25, 0.3) is 0 Å². The third-order valence-corrected chi connectivity index (χ3v) is 3.34. The Morgan fingerprint density at radius 1 is 1.24 bits per heavy atom. The summed E-state index contributed by atoms with van der Waals surface area (Å²) in [6, 6.07) is 4.74. The lowest BCUT2D eigenvalue weighted by atomic mass is 10.2. The van der Waals surface area contributed by atoms with Gasteiger partial charge in [-0.1, -0.05) is 29.3 Å². The Balaban J connectivity index is 2.29. The zero-order valence-electron chi connectivity index (χ0n) is 10.9. The molecule has 0 amide bonds. The number of alkyl halides is 5. The Bertz CT molecular complexity index is 514. The van der Waals surface area contributed by atoms with Crippen molar-refractivity contribution in [3.8, 4) is 0 Å². The van der Waals surface area contributed by atoms with Crippen molar-refractivity contribution in [3.05, 3.63) is 29.8 Å². The Morgan fingerprint density at radius 2 is 1.90 bits per heavy atom. The first kappa shape index (κ1) is 16.4. The average Bonchev–Trinajstić information content (AvgIpc) is 2.45. The lowest BCUT2D eigenvalue weighted by molar-refractivity contribution is -0.137. The van der Waals surface area contributed by atoms with Crippen LogP contribution >= 0.6 is 23.2 Å². The lowest BCUT2D eigenvalue weighted by Crippen LogP contribution is -2.43. The summed E-state index contributed by atoms with van der Waals surface area (Å²) in [5.74, 6) is 0.334. The number of nitrogens with zero attached hydrogens (tertiary/aromatic N) is 2. The Morgan fingerprint density at radius 3 is 2.48 bits per heavy atom. The van der Waals surface area contributed by atoms with Gasteiger partial charge in [-0.05, 0) is 18.2 Å². The molecule has 1 fully saturated rings. The molecular weight excluding hydrogens is 328 g/mol. The van der Waals surface area contributed by atoms with Crippen molar-refractivity contribution < 1.29 is 17.9 Å². The van der Waals surface area contributed by atoms with Crippen molar-refractivity contribution >= 4 is 34.7 Å². The molecule has 1 aliphatic rings. The fourth-order valence-electron chi connectivity index (χ4n) is 1.93. The minimum atomic E-state index is -4.41. The number of morpholine rings is 1. The average molecular weight is 341 g/mol. The van der Waals surface area contributed by atoms with Gasteiger partial charge in [0.2, 0.25) is 0 Å². The molecule has 0 radical (unpaired) electrons. The number of ether oxygens (including phenoxy) is 1.